The van der Waals surface area contributed by atoms with Crippen LogP contribution in [0.15, 0.2) is 54.7 Å². The molecule has 3 fully saturated rings. The lowest BCUT2D eigenvalue weighted by Gasteiger charge is -2.44. The third-order valence-electron chi connectivity index (χ3n) is 6.91. The largest absolute Gasteiger partial charge is 0.348 e. The van der Waals surface area contributed by atoms with E-state index in [0.717, 1.165) is 28.9 Å². The first kappa shape index (κ1) is 19.4. The minimum absolute atomic E-state index is 0.0477. The second-order valence-corrected chi connectivity index (χ2v) is 9.98. The summed E-state index contributed by atoms with van der Waals surface area (Å²) in [7, 11) is 0. The maximum Gasteiger partial charge on any atom is 0.253 e. The fourth-order valence-electron chi connectivity index (χ4n) is 5.02. The van der Waals surface area contributed by atoms with E-state index < -0.39 is 0 Å². The maximum absolute atomic E-state index is 13.0. The second-order valence-electron chi connectivity index (χ2n) is 9.98. The van der Waals surface area contributed by atoms with Gasteiger partial charge in [0.1, 0.15) is 0 Å². The Morgan fingerprint density at radius 3 is 2.40 bits per heavy atom. The number of rotatable bonds is 3. The summed E-state index contributed by atoms with van der Waals surface area (Å²) in [6, 6.07) is 17.3. The molecule has 5 heterocycles. The highest BCUT2D eigenvalue weighted by Crippen LogP contribution is 2.29. The van der Waals surface area contributed by atoms with Gasteiger partial charge in [-0.05, 0) is 66.6 Å². The smallest absolute Gasteiger partial charge is 0.253 e. The summed E-state index contributed by atoms with van der Waals surface area (Å²) in [5, 5.41) is 3.32. The van der Waals surface area contributed by atoms with E-state index in [-0.39, 0.29) is 17.4 Å². The number of carbonyl (C=O) groups is 1. The van der Waals surface area contributed by atoms with Crippen LogP contribution < -0.4 is 5.32 Å². The van der Waals surface area contributed by atoms with Crippen molar-refractivity contribution in [2.75, 3.05) is 19.6 Å². The molecule has 0 saturated carbocycles. The molecule has 4 heteroatoms. The van der Waals surface area contributed by atoms with Crippen molar-refractivity contribution in [3.63, 3.8) is 0 Å². The van der Waals surface area contributed by atoms with Crippen LogP contribution in [0.5, 0.6) is 0 Å². The van der Waals surface area contributed by atoms with E-state index in [9.17, 15) is 4.79 Å². The lowest BCUT2D eigenvalue weighted by molar-refractivity contribution is 0.0620. The zero-order chi connectivity index (χ0) is 20.9. The van der Waals surface area contributed by atoms with Crippen molar-refractivity contribution < 1.29 is 4.79 Å². The van der Waals surface area contributed by atoms with Crippen LogP contribution in [0.2, 0.25) is 0 Å². The molecule has 0 spiro atoms. The number of nitrogens with one attached hydrogen (secondary N) is 1. The summed E-state index contributed by atoms with van der Waals surface area (Å²) in [5.74, 6) is 0.680. The third kappa shape index (κ3) is 3.54. The fourth-order valence-corrected chi connectivity index (χ4v) is 5.02. The predicted molar refractivity (Wildman–Crippen MR) is 122 cm³/mol. The Morgan fingerprint density at radius 1 is 1.03 bits per heavy atom. The van der Waals surface area contributed by atoms with Gasteiger partial charge in [-0.3, -0.25) is 4.79 Å². The van der Waals surface area contributed by atoms with Gasteiger partial charge in [-0.25, -0.2) is 0 Å². The van der Waals surface area contributed by atoms with Gasteiger partial charge in [0.25, 0.3) is 5.91 Å². The molecule has 2 aromatic heterocycles. The van der Waals surface area contributed by atoms with Crippen molar-refractivity contribution in [3.05, 3.63) is 65.9 Å². The summed E-state index contributed by atoms with van der Waals surface area (Å²) in [4.78, 5) is 15.5. The molecular formula is C26H31N3O. The average molecular weight is 402 g/mol. The predicted octanol–water partition coefficient (Wildman–Crippen LogP) is 4.73. The van der Waals surface area contributed by atoms with Crippen molar-refractivity contribution in [1.82, 2.24) is 14.6 Å². The molecule has 1 aromatic carbocycles. The topological polar surface area (TPSA) is 36.8 Å². The van der Waals surface area contributed by atoms with E-state index in [1.807, 2.05) is 12.3 Å². The Kier molecular flexibility index (Phi) is 4.70. The molecule has 3 aromatic rings. The molecule has 3 aliphatic heterocycles. The monoisotopic (exact) mass is 401 g/mol. The molecule has 1 N–H and O–H groups in total. The molecule has 0 aliphatic carbocycles. The fraction of sp³-hybridized carbons (Fsp3) is 0.423. The maximum atomic E-state index is 13.0. The number of piperidine rings is 3. The number of hydrogen-bond donors (Lipinski definition) is 1. The number of benzene rings is 1. The van der Waals surface area contributed by atoms with Crippen LogP contribution in [0.25, 0.3) is 16.8 Å². The van der Waals surface area contributed by atoms with Gasteiger partial charge in [-0.2, -0.15) is 0 Å². The molecule has 2 bridgehead atoms. The molecule has 30 heavy (non-hydrogen) atoms. The zero-order valence-electron chi connectivity index (χ0n) is 18.2. The molecular weight excluding hydrogens is 370 g/mol. The quantitative estimate of drug-likeness (QED) is 0.689. The van der Waals surface area contributed by atoms with Crippen LogP contribution in [0, 0.1) is 5.92 Å². The highest BCUT2D eigenvalue weighted by atomic mass is 16.1. The van der Waals surface area contributed by atoms with Gasteiger partial charge in [0, 0.05) is 24.3 Å². The molecule has 0 unspecified atom stereocenters. The molecule has 6 rings (SSSR count). The standard InChI is InChI=1S/C26H31N3O/c1-26(2,3)21-9-7-19(8-10-21)24-6-4-5-22-15-20(16-29(22)24)25(30)27-23-17-28-13-11-18(23)12-14-28/h4-10,15-16,18,23H,11-14,17H2,1-3H3,(H,27,30)/t23-/m0/s1. The molecule has 3 aliphatic rings. The van der Waals surface area contributed by atoms with Crippen LogP contribution >= 0.6 is 0 Å². The van der Waals surface area contributed by atoms with E-state index in [1.54, 1.807) is 0 Å². The lowest BCUT2D eigenvalue weighted by Crippen LogP contribution is -2.57. The first-order valence-corrected chi connectivity index (χ1v) is 11.1. The van der Waals surface area contributed by atoms with E-state index in [0.29, 0.717) is 5.92 Å². The minimum Gasteiger partial charge on any atom is -0.348 e. The summed E-state index contributed by atoms with van der Waals surface area (Å²) in [5.41, 5.74) is 5.52. The van der Waals surface area contributed by atoms with E-state index in [4.69, 9.17) is 0 Å². The van der Waals surface area contributed by atoms with Crippen molar-refractivity contribution >= 4 is 11.4 Å². The van der Waals surface area contributed by atoms with Gasteiger partial charge in [-0.15, -0.1) is 0 Å². The molecule has 156 valence electrons. The zero-order valence-corrected chi connectivity index (χ0v) is 18.2. The molecule has 3 saturated heterocycles. The highest BCUT2D eigenvalue weighted by molar-refractivity contribution is 5.96. The SMILES string of the molecule is CC(C)(C)c1ccc(-c2cccc3cc(C(=O)N[C@H]4CN5CCC4CC5)cn23)cc1. The molecule has 4 nitrogen and oxygen atoms in total. The minimum atomic E-state index is 0.0477. The van der Waals surface area contributed by atoms with Gasteiger partial charge in [0.2, 0.25) is 0 Å². The van der Waals surface area contributed by atoms with Gasteiger partial charge < -0.3 is 14.6 Å². The Labute approximate surface area is 178 Å². The Bertz CT molecular complexity index is 1070. The lowest BCUT2D eigenvalue weighted by atomic mass is 9.84. The summed E-state index contributed by atoms with van der Waals surface area (Å²) < 4.78 is 2.14. The Morgan fingerprint density at radius 2 is 1.77 bits per heavy atom. The number of hydrogen-bond acceptors (Lipinski definition) is 2. The van der Waals surface area contributed by atoms with Crippen molar-refractivity contribution in [3.8, 4) is 11.3 Å². The van der Waals surface area contributed by atoms with Gasteiger partial charge in [-0.1, -0.05) is 51.1 Å². The second kappa shape index (κ2) is 7.28. The Hall–Kier alpha value is -2.59. The summed E-state index contributed by atoms with van der Waals surface area (Å²) in [6.45, 7) is 10.1. The first-order valence-electron chi connectivity index (χ1n) is 11.1. The number of pyridine rings is 1. The Balaban J connectivity index is 1.42. The van der Waals surface area contributed by atoms with Crippen LogP contribution in [-0.2, 0) is 5.41 Å². The average Bonchev–Trinajstić information content (AvgIpc) is 3.19. The number of carbonyl (C=O) groups excluding carboxylic acids is 1. The molecule has 1 atom stereocenters. The normalized spacial score (nSPS) is 23.6. The van der Waals surface area contributed by atoms with Crippen LogP contribution in [0.3, 0.4) is 0 Å². The third-order valence-corrected chi connectivity index (χ3v) is 6.91. The summed E-state index contributed by atoms with van der Waals surface area (Å²) >= 11 is 0. The van der Waals surface area contributed by atoms with E-state index >= 15 is 0 Å². The number of amides is 1. The van der Waals surface area contributed by atoms with Gasteiger partial charge in [0.05, 0.1) is 11.3 Å². The van der Waals surface area contributed by atoms with E-state index in [2.05, 4.69) is 77.9 Å². The van der Waals surface area contributed by atoms with Crippen LogP contribution in [-0.4, -0.2) is 40.9 Å². The van der Waals surface area contributed by atoms with Crippen molar-refractivity contribution in [1.29, 1.82) is 0 Å². The number of nitrogens with zero attached hydrogens (tertiary/aromatic N) is 2. The van der Waals surface area contributed by atoms with Crippen LogP contribution in [0.1, 0.15) is 49.5 Å². The van der Waals surface area contributed by atoms with Gasteiger partial charge in [0.15, 0.2) is 0 Å². The van der Waals surface area contributed by atoms with Crippen molar-refractivity contribution in [2.45, 2.75) is 45.1 Å². The van der Waals surface area contributed by atoms with Crippen molar-refractivity contribution in [2.24, 2.45) is 5.92 Å². The number of fused-ring (bicyclic) bond motifs is 4. The molecule has 1 amide bonds. The van der Waals surface area contributed by atoms with Crippen LogP contribution in [0.4, 0.5) is 0 Å². The number of aromatic nitrogens is 1. The van der Waals surface area contributed by atoms with Gasteiger partial charge >= 0.3 is 0 Å². The first-order chi connectivity index (χ1) is 14.4. The molecule has 0 radical (unpaired) electrons. The highest BCUT2D eigenvalue weighted by Gasteiger charge is 2.35. The van der Waals surface area contributed by atoms with E-state index in [1.165, 1.54) is 31.5 Å². The summed E-state index contributed by atoms with van der Waals surface area (Å²) in [6.07, 6.45) is 4.40.